The molecule has 5 nitrogen and oxygen atoms in total. The van der Waals surface area contributed by atoms with Gasteiger partial charge in [-0.3, -0.25) is 4.79 Å². The van der Waals surface area contributed by atoms with Crippen molar-refractivity contribution in [3.05, 3.63) is 75.5 Å². The van der Waals surface area contributed by atoms with Crippen molar-refractivity contribution in [1.82, 2.24) is 9.97 Å². The van der Waals surface area contributed by atoms with Gasteiger partial charge in [0.05, 0.1) is 0 Å². The lowest BCUT2D eigenvalue weighted by Crippen LogP contribution is -2.16. The fourth-order valence-corrected chi connectivity index (χ4v) is 2.71. The third kappa shape index (κ3) is 4.50. The van der Waals surface area contributed by atoms with Crippen molar-refractivity contribution in [2.24, 2.45) is 0 Å². The predicted molar refractivity (Wildman–Crippen MR) is 106 cm³/mol. The highest BCUT2D eigenvalue weighted by atomic mass is 35.5. The van der Waals surface area contributed by atoms with Crippen LogP contribution in [0.4, 0.5) is 17.3 Å². The van der Waals surface area contributed by atoms with Crippen LogP contribution in [0.25, 0.3) is 0 Å². The minimum Gasteiger partial charge on any atom is -0.324 e. The number of hydrogen-bond acceptors (Lipinski definition) is 4. The van der Waals surface area contributed by atoms with Crippen LogP contribution < -0.4 is 10.6 Å². The first-order valence-corrected chi connectivity index (χ1v) is 8.62. The van der Waals surface area contributed by atoms with Crippen LogP contribution in [0.5, 0.6) is 0 Å². The highest BCUT2D eigenvalue weighted by Gasteiger charge is 2.13. The maximum atomic E-state index is 12.6. The molecule has 0 aliphatic carbocycles. The summed E-state index contributed by atoms with van der Waals surface area (Å²) in [6, 6.07) is 14.1. The molecule has 3 aromatic rings. The average molecular weight is 387 g/mol. The number of carbonyl (C=O) groups is 1. The zero-order valence-electron chi connectivity index (χ0n) is 14.2. The molecule has 0 saturated carbocycles. The lowest BCUT2D eigenvalue weighted by atomic mass is 10.2. The van der Waals surface area contributed by atoms with Crippen molar-refractivity contribution in [3.8, 4) is 0 Å². The molecule has 2 N–H and O–H groups in total. The summed E-state index contributed by atoms with van der Waals surface area (Å²) in [5.74, 6) is -0.0183. The van der Waals surface area contributed by atoms with Crippen molar-refractivity contribution in [2.45, 2.75) is 13.8 Å². The number of aromatic nitrogens is 2. The van der Waals surface area contributed by atoms with E-state index in [1.165, 1.54) is 0 Å². The molecule has 0 atom stereocenters. The van der Waals surface area contributed by atoms with E-state index in [0.717, 1.165) is 11.3 Å². The first-order chi connectivity index (χ1) is 12.4. The maximum Gasteiger partial charge on any atom is 0.274 e. The van der Waals surface area contributed by atoms with Crippen LogP contribution in [0.15, 0.2) is 48.5 Å². The van der Waals surface area contributed by atoms with Crippen molar-refractivity contribution in [1.29, 1.82) is 0 Å². The topological polar surface area (TPSA) is 66.9 Å². The Labute approximate surface area is 161 Å². The molecule has 0 fully saturated rings. The number of aryl methyl sites for hydroxylation is 2. The molecule has 0 spiro atoms. The van der Waals surface area contributed by atoms with Crippen molar-refractivity contribution < 1.29 is 4.79 Å². The average Bonchev–Trinajstić information content (AvgIpc) is 2.57. The summed E-state index contributed by atoms with van der Waals surface area (Å²) in [4.78, 5) is 21.2. The number of hydrogen-bond donors (Lipinski definition) is 2. The van der Waals surface area contributed by atoms with Crippen molar-refractivity contribution >= 4 is 46.4 Å². The lowest BCUT2D eigenvalue weighted by Gasteiger charge is -2.11. The second-order valence-corrected chi connectivity index (χ2v) is 6.64. The highest BCUT2D eigenvalue weighted by molar-refractivity contribution is 6.31. The van der Waals surface area contributed by atoms with Gasteiger partial charge < -0.3 is 10.6 Å². The highest BCUT2D eigenvalue weighted by Crippen LogP contribution is 2.22. The zero-order chi connectivity index (χ0) is 18.7. The molecule has 0 unspecified atom stereocenters. The normalized spacial score (nSPS) is 10.5. The Balaban J connectivity index is 1.84. The Bertz CT molecular complexity index is 976. The van der Waals surface area contributed by atoms with Gasteiger partial charge >= 0.3 is 0 Å². The Morgan fingerprint density at radius 1 is 0.962 bits per heavy atom. The van der Waals surface area contributed by atoms with E-state index in [2.05, 4.69) is 20.6 Å². The predicted octanol–water partition coefficient (Wildman–Crippen LogP) is 5.40. The number of carbonyl (C=O) groups excluding carboxylic acids is 1. The standard InChI is InChI=1S/C19H16Cl2N4O/c1-11-6-7-14(21)10-16(11)24-18(26)17-8-12(2)22-19(25-17)23-15-5-3-4-13(20)9-15/h3-10H,1-2H3,(H,24,26)(H,22,23,25). The number of anilines is 3. The van der Waals surface area contributed by atoms with E-state index >= 15 is 0 Å². The summed E-state index contributed by atoms with van der Waals surface area (Å²) in [5.41, 5.74) is 3.20. The number of nitrogens with one attached hydrogen (secondary N) is 2. The molecular weight excluding hydrogens is 371 g/mol. The van der Waals surface area contributed by atoms with E-state index < -0.39 is 0 Å². The van der Waals surface area contributed by atoms with Crippen LogP contribution in [0.3, 0.4) is 0 Å². The van der Waals surface area contributed by atoms with Gasteiger partial charge in [0, 0.05) is 27.1 Å². The van der Waals surface area contributed by atoms with Gasteiger partial charge in [-0.1, -0.05) is 35.3 Å². The first-order valence-electron chi connectivity index (χ1n) is 7.86. The molecule has 1 amide bonds. The molecule has 1 aromatic heterocycles. The van der Waals surface area contributed by atoms with Gasteiger partial charge in [0.15, 0.2) is 0 Å². The molecular formula is C19H16Cl2N4O. The second kappa shape index (κ2) is 7.72. The van der Waals surface area contributed by atoms with E-state index in [0.29, 0.717) is 27.4 Å². The van der Waals surface area contributed by atoms with E-state index in [1.807, 2.05) is 25.1 Å². The fraction of sp³-hybridized carbons (Fsp3) is 0.105. The van der Waals surface area contributed by atoms with Gasteiger partial charge in [-0.2, -0.15) is 0 Å². The van der Waals surface area contributed by atoms with Crippen LogP contribution in [-0.4, -0.2) is 15.9 Å². The Morgan fingerprint density at radius 3 is 2.50 bits per heavy atom. The van der Waals surface area contributed by atoms with Gasteiger partial charge in [0.25, 0.3) is 5.91 Å². The summed E-state index contributed by atoms with van der Waals surface area (Å²) in [5, 5.41) is 7.03. The van der Waals surface area contributed by atoms with E-state index in [9.17, 15) is 4.79 Å². The largest absolute Gasteiger partial charge is 0.324 e. The summed E-state index contributed by atoms with van der Waals surface area (Å²) < 4.78 is 0. The van der Waals surface area contributed by atoms with E-state index in [-0.39, 0.29) is 11.6 Å². The van der Waals surface area contributed by atoms with Crippen LogP contribution >= 0.6 is 23.2 Å². The second-order valence-electron chi connectivity index (χ2n) is 5.77. The molecule has 0 aliphatic heterocycles. The third-order valence-electron chi connectivity index (χ3n) is 3.62. The number of halogens is 2. The maximum absolute atomic E-state index is 12.6. The Morgan fingerprint density at radius 2 is 1.73 bits per heavy atom. The summed E-state index contributed by atoms with van der Waals surface area (Å²) in [6.45, 7) is 3.69. The van der Waals surface area contributed by atoms with Crippen molar-refractivity contribution in [3.63, 3.8) is 0 Å². The van der Waals surface area contributed by atoms with Gasteiger partial charge in [0.2, 0.25) is 5.95 Å². The summed E-state index contributed by atoms with van der Waals surface area (Å²) in [7, 11) is 0. The minimum absolute atomic E-state index is 0.251. The summed E-state index contributed by atoms with van der Waals surface area (Å²) in [6.07, 6.45) is 0. The minimum atomic E-state index is -0.338. The van der Waals surface area contributed by atoms with Crippen LogP contribution in [0, 0.1) is 13.8 Å². The molecule has 0 radical (unpaired) electrons. The lowest BCUT2D eigenvalue weighted by molar-refractivity contribution is 0.102. The van der Waals surface area contributed by atoms with E-state index in [4.69, 9.17) is 23.2 Å². The number of amides is 1. The quantitative estimate of drug-likeness (QED) is 0.629. The Hall–Kier alpha value is -2.63. The number of benzene rings is 2. The molecule has 0 bridgehead atoms. The van der Waals surface area contributed by atoms with Crippen LogP contribution in [0.2, 0.25) is 10.0 Å². The van der Waals surface area contributed by atoms with Crippen LogP contribution in [-0.2, 0) is 0 Å². The number of nitrogens with zero attached hydrogens (tertiary/aromatic N) is 2. The van der Waals surface area contributed by atoms with Gasteiger partial charge in [-0.25, -0.2) is 9.97 Å². The van der Waals surface area contributed by atoms with Crippen molar-refractivity contribution in [2.75, 3.05) is 10.6 Å². The summed E-state index contributed by atoms with van der Waals surface area (Å²) >= 11 is 12.0. The van der Waals surface area contributed by atoms with Gasteiger partial charge in [-0.15, -0.1) is 0 Å². The molecule has 26 heavy (non-hydrogen) atoms. The zero-order valence-corrected chi connectivity index (χ0v) is 15.7. The van der Waals surface area contributed by atoms with Gasteiger partial charge in [0.1, 0.15) is 5.69 Å². The smallest absolute Gasteiger partial charge is 0.274 e. The number of rotatable bonds is 4. The molecule has 0 aliphatic rings. The molecule has 132 valence electrons. The molecule has 7 heteroatoms. The Kier molecular flexibility index (Phi) is 5.40. The molecule has 0 saturated heterocycles. The molecule has 3 rings (SSSR count). The first kappa shape index (κ1) is 18.2. The monoisotopic (exact) mass is 386 g/mol. The third-order valence-corrected chi connectivity index (χ3v) is 4.09. The molecule has 1 heterocycles. The van der Waals surface area contributed by atoms with E-state index in [1.54, 1.807) is 37.3 Å². The fourth-order valence-electron chi connectivity index (χ4n) is 2.35. The molecule has 2 aromatic carbocycles. The SMILES string of the molecule is Cc1cc(C(=O)Nc2cc(Cl)ccc2C)nc(Nc2cccc(Cl)c2)n1. The van der Waals surface area contributed by atoms with Gasteiger partial charge in [-0.05, 0) is 55.8 Å². The van der Waals surface area contributed by atoms with Crippen LogP contribution in [0.1, 0.15) is 21.7 Å².